The molecule has 0 saturated carbocycles. The Morgan fingerprint density at radius 3 is 2.14 bits per heavy atom. The van der Waals surface area contributed by atoms with Gasteiger partial charge in [-0.3, -0.25) is 14.7 Å². The molecule has 190 valence electrons. The van der Waals surface area contributed by atoms with Crippen molar-refractivity contribution in [1.29, 1.82) is 0 Å². The highest BCUT2D eigenvalue weighted by atomic mass is 31.2. The smallest absolute Gasteiger partial charge is 0.269 e. The van der Waals surface area contributed by atoms with Gasteiger partial charge in [0.2, 0.25) is 0 Å². The SMILES string of the molecule is CN(C)c1ccc(P(=O)(OCc2ccccc2)C(Nc2ccc([N+](=O)[O-])cc2)c2ccccc2F)cc1. The van der Waals surface area contributed by atoms with Crippen LogP contribution >= 0.6 is 7.37 Å². The van der Waals surface area contributed by atoms with Crippen LogP contribution in [-0.4, -0.2) is 19.0 Å². The molecule has 0 heterocycles. The molecule has 0 saturated heterocycles. The summed E-state index contributed by atoms with van der Waals surface area (Å²) in [7, 11) is -0.0430. The molecule has 4 aromatic carbocycles. The van der Waals surface area contributed by atoms with E-state index in [4.69, 9.17) is 4.52 Å². The van der Waals surface area contributed by atoms with Gasteiger partial charge in [-0.1, -0.05) is 48.5 Å². The minimum absolute atomic E-state index is 0.0421. The van der Waals surface area contributed by atoms with E-state index in [1.807, 2.05) is 61.5 Å². The van der Waals surface area contributed by atoms with E-state index in [-0.39, 0.29) is 17.9 Å². The van der Waals surface area contributed by atoms with Gasteiger partial charge in [0.25, 0.3) is 13.1 Å². The second-order valence-corrected chi connectivity index (χ2v) is 11.1. The van der Waals surface area contributed by atoms with Crippen LogP contribution in [0.1, 0.15) is 16.9 Å². The van der Waals surface area contributed by atoms with E-state index < -0.39 is 23.9 Å². The molecule has 0 fully saturated rings. The van der Waals surface area contributed by atoms with Crippen molar-refractivity contribution < 1.29 is 18.4 Å². The van der Waals surface area contributed by atoms with Crippen LogP contribution in [0.5, 0.6) is 0 Å². The Morgan fingerprint density at radius 2 is 1.54 bits per heavy atom. The highest BCUT2D eigenvalue weighted by Gasteiger charge is 2.39. The summed E-state index contributed by atoms with van der Waals surface area (Å²) in [5.74, 6) is -1.65. The first-order chi connectivity index (χ1) is 17.8. The zero-order valence-electron chi connectivity index (χ0n) is 20.5. The molecule has 0 aliphatic rings. The van der Waals surface area contributed by atoms with Crippen LogP contribution in [0.15, 0.2) is 103 Å². The number of rotatable bonds is 10. The maximum atomic E-state index is 15.2. The predicted molar refractivity (Wildman–Crippen MR) is 145 cm³/mol. The van der Waals surface area contributed by atoms with Crippen LogP contribution in [0.4, 0.5) is 21.5 Å². The molecule has 0 amide bonds. The Kier molecular flexibility index (Phi) is 8.01. The summed E-state index contributed by atoms with van der Waals surface area (Å²) in [5.41, 5.74) is 2.23. The highest BCUT2D eigenvalue weighted by molar-refractivity contribution is 7.67. The first-order valence-corrected chi connectivity index (χ1v) is 13.3. The van der Waals surface area contributed by atoms with Crippen molar-refractivity contribution in [1.82, 2.24) is 0 Å². The Morgan fingerprint density at radius 1 is 0.919 bits per heavy atom. The number of nitrogens with zero attached hydrogens (tertiary/aromatic N) is 2. The number of halogens is 1. The average molecular weight is 520 g/mol. The third-order valence-electron chi connectivity index (χ3n) is 5.91. The van der Waals surface area contributed by atoms with Crippen LogP contribution in [0.2, 0.25) is 0 Å². The Hall–Kier alpha value is -4.00. The fourth-order valence-corrected chi connectivity index (χ4v) is 6.28. The molecule has 1 N–H and O–H groups in total. The lowest BCUT2D eigenvalue weighted by Gasteiger charge is -2.30. The number of anilines is 2. The topological polar surface area (TPSA) is 84.7 Å². The molecule has 2 unspecified atom stereocenters. The van der Waals surface area contributed by atoms with Crippen LogP contribution in [0.25, 0.3) is 0 Å². The molecule has 0 bridgehead atoms. The van der Waals surface area contributed by atoms with E-state index >= 15 is 4.39 Å². The molecule has 0 radical (unpaired) electrons. The van der Waals surface area contributed by atoms with E-state index in [9.17, 15) is 14.7 Å². The third kappa shape index (κ3) is 6.05. The maximum Gasteiger partial charge on any atom is 0.269 e. The molecule has 0 aliphatic carbocycles. The minimum Gasteiger partial charge on any atom is -0.378 e. The largest absolute Gasteiger partial charge is 0.378 e. The van der Waals surface area contributed by atoms with Gasteiger partial charge in [-0.25, -0.2) is 4.39 Å². The van der Waals surface area contributed by atoms with E-state index in [1.165, 1.54) is 30.3 Å². The lowest BCUT2D eigenvalue weighted by Crippen LogP contribution is -2.22. The molecular formula is C28H27FN3O4P. The van der Waals surface area contributed by atoms with Gasteiger partial charge in [-0.2, -0.15) is 0 Å². The van der Waals surface area contributed by atoms with Gasteiger partial charge >= 0.3 is 0 Å². The molecule has 9 heteroatoms. The van der Waals surface area contributed by atoms with E-state index in [0.29, 0.717) is 11.0 Å². The third-order valence-corrected chi connectivity index (χ3v) is 8.53. The van der Waals surface area contributed by atoms with Crippen molar-refractivity contribution >= 4 is 29.7 Å². The predicted octanol–water partition coefficient (Wildman–Crippen LogP) is 6.73. The standard InChI is InChI=1S/C28H27FN3O4P/c1-31(2)23-16-18-25(19-17-23)37(35,36-20-21-8-4-3-5-9-21)28(26-10-6-7-11-27(26)29)30-22-12-14-24(15-13-22)32(33)34/h3-19,28,30H,20H2,1-2H3. The highest BCUT2D eigenvalue weighted by Crippen LogP contribution is 2.60. The van der Waals surface area contributed by atoms with Crippen molar-refractivity contribution in [2.24, 2.45) is 0 Å². The monoisotopic (exact) mass is 519 g/mol. The zero-order chi connectivity index (χ0) is 26.4. The van der Waals surface area contributed by atoms with Crippen molar-refractivity contribution in [2.75, 3.05) is 24.3 Å². The molecule has 0 aliphatic heterocycles. The molecular weight excluding hydrogens is 492 g/mol. The summed E-state index contributed by atoms with van der Waals surface area (Å²) in [6, 6.07) is 28.2. The van der Waals surface area contributed by atoms with Crippen LogP contribution in [0, 0.1) is 15.9 Å². The fraction of sp³-hybridized carbons (Fsp3) is 0.143. The normalized spacial score (nSPS) is 13.4. The Bertz CT molecular complexity index is 1400. The van der Waals surface area contributed by atoms with Gasteiger partial charge in [-0.15, -0.1) is 0 Å². The first-order valence-electron chi connectivity index (χ1n) is 11.6. The van der Waals surface area contributed by atoms with Gasteiger partial charge < -0.3 is 14.7 Å². The summed E-state index contributed by atoms with van der Waals surface area (Å²) in [5, 5.41) is 14.7. The van der Waals surface area contributed by atoms with Gasteiger partial charge in [0, 0.05) is 48.5 Å². The van der Waals surface area contributed by atoms with E-state index in [2.05, 4.69) is 5.32 Å². The van der Waals surface area contributed by atoms with Crippen molar-refractivity contribution in [3.63, 3.8) is 0 Å². The summed E-state index contributed by atoms with van der Waals surface area (Å²) in [6.45, 7) is 0.0421. The van der Waals surface area contributed by atoms with Gasteiger partial charge in [0.05, 0.1) is 11.5 Å². The Balaban J connectivity index is 1.82. The summed E-state index contributed by atoms with van der Waals surface area (Å²) in [4.78, 5) is 12.5. The molecule has 0 aromatic heterocycles. The minimum atomic E-state index is -3.85. The molecule has 2 atom stereocenters. The quantitative estimate of drug-likeness (QED) is 0.142. The molecule has 0 spiro atoms. The number of hydrogen-bond acceptors (Lipinski definition) is 6. The van der Waals surface area contributed by atoms with Crippen molar-refractivity contribution in [3.05, 3.63) is 130 Å². The van der Waals surface area contributed by atoms with E-state index in [1.54, 1.807) is 30.3 Å². The molecule has 37 heavy (non-hydrogen) atoms. The van der Waals surface area contributed by atoms with Crippen molar-refractivity contribution in [2.45, 2.75) is 12.4 Å². The number of nitro groups is 1. The lowest BCUT2D eigenvalue weighted by molar-refractivity contribution is -0.384. The number of non-ortho nitro benzene ring substituents is 1. The van der Waals surface area contributed by atoms with Gasteiger partial charge in [-0.05, 0) is 48.0 Å². The maximum absolute atomic E-state index is 15.2. The van der Waals surface area contributed by atoms with Crippen molar-refractivity contribution in [3.8, 4) is 0 Å². The number of hydrogen-bond donors (Lipinski definition) is 1. The van der Waals surface area contributed by atoms with E-state index in [0.717, 1.165) is 11.3 Å². The van der Waals surface area contributed by atoms with Crippen LogP contribution in [-0.2, 0) is 15.7 Å². The van der Waals surface area contributed by atoms with Gasteiger partial charge in [0.15, 0.2) is 0 Å². The van der Waals surface area contributed by atoms with Crippen LogP contribution in [0.3, 0.4) is 0 Å². The number of nitrogens with one attached hydrogen (secondary N) is 1. The summed E-state index contributed by atoms with van der Waals surface area (Å²) >= 11 is 0. The fourth-order valence-electron chi connectivity index (χ4n) is 3.88. The second-order valence-electron chi connectivity index (χ2n) is 8.64. The average Bonchev–Trinajstić information content (AvgIpc) is 2.92. The molecule has 7 nitrogen and oxygen atoms in total. The first kappa shape index (κ1) is 26.1. The lowest BCUT2D eigenvalue weighted by atomic mass is 10.2. The molecule has 4 rings (SSSR count). The number of nitro benzene ring substituents is 1. The summed E-state index contributed by atoms with van der Waals surface area (Å²) < 4.78 is 36.3. The zero-order valence-corrected chi connectivity index (χ0v) is 21.3. The molecule has 4 aromatic rings. The number of benzene rings is 4. The summed E-state index contributed by atoms with van der Waals surface area (Å²) in [6.07, 6.45) is 0. The Labute approximate surface area is 215 Å². The van der Waals surface area contributed by atoms with Gasteiger partial charge in [0.1, 0.15) is 11.6 Å². The van der Waals surface area contributed by atoms with Crippen LogP contribution < -0.4 is 15.5 Å². The second kappa shape index (κ2) is 11.4.